The minimum absolute atomic E-state index is 0.0513. The molecule has 0 aliphatic carbocycles. The van der Waals surface area contributed by atoms with Crippen LogP contribution in [0.25, 0.3) is 118 Å². The molecule has 0 radical (unpaired) electrons. The molecular weight excluding hydrogens is 1150 g/mol. The fourth-order valence-electron chi connectivity index (χ4n) is 17.4. The first-order valence-corrected chi connectivity index (χ1v) is 35.7. The molecule has 2 aliphatic heterocycles. The maximum atomic E-state index is 15.7. The van der Waals surface area contributed by atoms with Crippen molar-refractivity contribution in [3.05, 3.63) is 112 Å². The number of hydrogen-bond donors (Lipinski definition) is 0. The van der Waals surface area contributed by atoms with Crippen LogP contribution in [-0.4, -0.2) is 45.5 Å². The lowest BCUT2D eigenvalue weighted by atomic mass is 9.75. The molecule has 10 aromatic carbocycles. The predicted octanol–water partition coefficient (Wildman–Crippen LogP) is 20.1. The normalized spacial score (nSPS) is 14.2. The van der Waals surface area contributed by atoms with E-state index in [0.29, 0.717) is 123 Å². The van der Waals surface area contributed by atoms with Crippen LogP contribution in [0.2, 0.25) is 0 Å². The van der Waals surface area contributed by atoms with Crippen molar-refractivity contribution >= 4 is 142 Å². The molecule has 0 saturated heterocycles. The summed E-state index contributed by atoms with van der Waals surface area (Å²) >= 11 is 0. The fourth-order valence-corrected chi connectivity index (χ4v) is 17.4. The van der Waals surface area contributed by atoms with Crippen molar-refractivity contribution in [1.82, 2.24) is 9.80 Å². The Bertz CT molecular complexity index is 4700. The topological polar surface area (TPSA) is 169 Å². The van der Waals surface area contributed by atoms with E-state index >= 15 is 19.2 Å². The zero-order chi connectivity index (χ0) is 63.6. The van der Waals surface area contributed by atoms with Gasteiger partial charge in [0.1, 0.15) is 0 Å². The third-order valence-electron chi connectivity index (χ3n) is 21.9. The van der Waals surface area contributed by atoms with Gasteiger partial charge < -0.3 is 8.83 Å². The highest BCUT2D eigenvalue weighted by atomic mass is 16.4. The molecular formula is C80H86N2O10. The first kappa shape index (κ1) is 61.6. The number of amides is 4. The van der Waals surface area contributed by atoms with Gasteiger partial charge in [0, 0.05) is 45.1 Å². The van der Waals surface area contributed by atoms with Gasteiger partial charge in [0.25, 0.3) is 23.6 Å². The molecule has 0 spiro atoms. The van der Waals surface area contributed by atoms with Crippen LogP contribution in [0.5, 0.6) is 0 Å². The summed E-state index contributed by atoms with van der Waals surface area (Å²) in [6.07, 6.45) is 33.5. The number of hydrogen-bond acceptors (Lipinski definition) is 10. The minimum atomic E-state index is -0.829. The van der Waals surface area contributed by atoms with Crippen molar-refractivity contribution in [2.45, 2.75) is 245 Å². The first-order chi connectivity index (χ1) is 44.9. The van der Waals surface area contributed by atoms with Gasteiger partial charge in [-0.2, -0.15) is 0 Å². The van der Waals surface area contributed by atoms with Crippen LogP contribution in [-0.2, 0) is 0 Å². The molecule has 14 rings (SSSR count). The Hall–Kier alpha value is -7.86. The largest absolute Gasteiger partial charge is 0.386 e. The quantitative estimate of drug-likeness (QED) is 0.0164. The van der Waals surface area contributed by atoms with Gasteiger partial charge in [-0.15, -0.1) is 0 Å². The zero-order valence-electron chi connectivity index (χ0n) is 54.4. The molecule has 0 fully saturated rings. The molecule has 92 heavy (non-hydrogen) atoms. The highest BCUT2D eigenvalue weighted by Gasteiger charge is 2.43. The molecule has 12 aromatic rings. The molecule has 0 unspecified atom stereocenters. The van der Waals surface area contributed by atoms with E-state index in [4.69, 9.17) is 8.83 Å². The number of furan rings is 2. The Kier molecular flexibility index (Phi) is 17.1. The number of carbonyl (C=O) groups is 4. The molecule has 2 aromatic heterocycles. The van der Waals surface area contributed by atoms with Gasteiger partial charge in [-0.25, -0.2) is 19.2 Å². The van der Waals surface area contributed by atoms with E-state index in [1.54, 1.807) is 12.1 Å². The average molecular weight is 1240 g/mol. The van der Waals surface area contributed by atoms with Crippen LogP contribution in [0.15, 0.2) is 76.5 Å². The number of carbonyl (C=O) groups excluding carboxylic acids is 4. The average Bonchev–Trinajstić information content (AvgIpc) is 0.954. The van der Waals surface area contributed by atoms with E-state index in [1.807, 2.05) is 36.4 Å². The lowest BCUT2D eigenvalue weighted by Crippen LogP contribution is -2.47. The van der Waals surface area contributed by atoms with Crippen molar-refractivity contribution < 1.29 is 28.0 Å². The second-order valence-corrected chi connectivity index (χ2v) is 27.7. The van der Waals surface area contributed by atoms with E-state index < -0.39 is 34.3 Å². The highest BCUT2D eigenvalue weighted by Crippen LogP contribution is 2.57. The number of rotatable bonds is 34. The summed E-state index contributed by atoms with van der Waals surface area (Å²) in [4.78, 5) is 124. The highest BCUT2D eigenvalue weighted by molar-refractivity contribution is 6.55. The van der Waals surface area contributed by atoms with E-state index in [9.17, 15) is 19.2 Å². The van der Waals surface area contributed by atoms with Crippen molar-refractivity contribution in [2.24, 2.45) is 0 Å². The number of benzene rings is 10. The second kappa shape index (κ2) is 25.6. The van der Waals surface area contributed by atoms with Gasteiger partial charge in [-0.3, -0.25) is 29.0 Å². The van der Waals surface area contributed by atoms with Crippen LogP contribution in [0, 0.1) is 0 Å². The number of nitrogens with zero attached hydrogens (tertiary/aromatic N) is 2. The van der Waals surface area contributed by atoms with Crippen molar-refractivity contribution in [3.8, 4) is 0 Å². The molecule has 0 bridgehead atoms. The lowest BCUT2D eigenvalue weighted by Gasteiger charge is -2.35. The molecule has 12 nitrogen and oxygen atoms in total. The Labute approximate surface area is 535 Å². The van der Waals surface area contributed by atoms with Crippen LogP contribution < -0.4 is 22.5 Å². The summed E-state index contributed by atoms with van der Waals surface area (Å²) in [5.41, 5.74) is -2.00. The molecule has 0 saturated carbocycles. The van der Waals surface area contributed by atoms with Crippen LogP contribution in [0.3, 0.4) is 0 Å². The second-order valence-electron chi connectivity index (χ2n) is 27.7. The molecule has 12 heteroatoms. The van der Waals surface area contributed by atoms with Gasteiger partial charge in [0.05, 0.1) is 21.5 Å². The predicted molar refractivity (Wildman–Crippen MR) is 375 cm³/mol. The Morgan fingerprint density at radius 2 is 0.489 bits per heavy atom. The molecule has 4 heterocycles. The van der Waals surface area contributed by atoms with E-state index in [2.05, 4.69) is 27.7 Å². The van der Waals surface area contributed by atoms with E-state index in [-0.39, 0.29) is 56.6 Å². The Morgan fingerprint density at radius 1 is 0.250 bits per heavy atom. The van der Waals surface area contributed by atoms with Crippen molar-refractivity contribution in [2.75, 3.05) is 0 Å². The Morgan fingerprint density at radius 3 is 0.783 bits per heavy atom. The third-order valence-corrected chi connectivity index (χ3v) is 21.9. The first-order valence-electron chi connectivity index (χ1n) is 35.7. The maximum Gasteiger partial charge on any atom is 0.347 e. The maximum absolute atomic E-state index is 15.7. The third kappa shape index (κ3) is 9.86. The summed E-state index contributed by atoms with van der Waals surface area (Å²) in [5.74, 6) is -1.58. The fraction of sp³-hybridized carbons (Fsp3) is 0.475. The van der Waals surface area contributed by atoms with Gasteiger partial charge in [-0.1, -0.05) is 220 Å². The van der Waals surface area contributed by atoms with Crippen LogP contribution in [0.1, 0.15) is 275 Å². The molecule has 0 N–H and O–H groups in total. The van der Waals surface area contributed by atoms with E-state index in [1.165, 1.54) is 86.8 Å². The van der Waals surface area contributed by atoms with Gasteiger partial charge in [0.15, 0.2) is 0 Å². The summed E-state index contributed by atoms with van der Waals surface area (Å²) in [6.45, 7) is 8.85. The summed E-state index contributed by atoms with van der Waals surface area (Å²) in [6, 6.07) is 14.1. The summed E-state index contributed by atoms with van der Waals surface area (Å²) in [5, 5.41) is 10.5. The zero-order valence-corrected chi connectivity index (χ0v) is 54.4. The van der Waals surface area contributed by atoms with Crippen molar-refractivity contribution in [3.63, 3.8) is 0 Å². The monoisotopic (exact) mass is 1230 g/mol. The summed E-state index contributed by atoms with van der Waals surface area (Å²) < 4.78 is 11.2. The Balaban J connectivity index is 0.963. The molecule has 476 valence electrons. The number of unbranched alkanes of at least 4 members (excludes halogenated alkanes) is 24. The molecule has 2 aliphatic rings. The SMILES string of the molecule is CCCCCCCCCC(CCCCCCCCC)N1C(=O)c2ccc3c4cc5c6c(=O)oc(=O)c6c6cc7c8c(ccc9c%10cc%11c%12c(=O)oc(=O)c%12c%12cc(c2c3c%12c%11c4c%10c5c6c89)C1=O)C(=O)N(C(CCCCCCCCC)CCCCCCCCC)C7=O. The molecule has 4 amide bonds. The lowest BCUT2D eigenvalue weighted by molar-refractivity contribution is 0.0501. The summed E-state index contributed by atoms with van der Waals surface area (Å²) in [7, 11) is 0. The van der Waals surface area contributed by atoms with Gasteiger partial charge >= 0.3 is 22.5 Å². The smallest absolute Gasteiger partial charge is 0.347 e. The minimum Gasteiger partial charge on any atom is -0.386 e. The molecule has 0 atom stereocenters. The van der Waals surface area contributed by atoms with Crippen molar-refractivity contribution in [1.29, 1.82) is 0 Å². The van der Waals surface area contributed by atoms with Crippen LogP contribution in [0.4, 0.5) is 0 Å². The number of imide groups is 2. The standard InChI is InChI=1S/C80H86N2O10/c1-5-9-13-17-21-25-29-33-45(34-30-26-22-18-14-10-6-2)81-73(83)49-39-37-47-51-41-54-68-64-52(42-53-67(63(51)64)65-55(71-69(53)77(87)91-79(71)89)43-57(75(81)85)59(49)61(47)65)48-38-40-50-60-58(44-56(66(68)62(48)60)72-70(54)78(88)92-80(72)90)76(86)82(74(50)84)46(35-31-27-23-19-15-11-7-3)36-32-28-24-20-16-12-8-4/h37-46H,5-36H2,1-4H3. The van der Waals surface area contributed by atoms with E-state index in [0.717, 1.165) is 114 Å². The van der Waals surface area contributed by atoms with Gasteiger partial charge in [0.2, 0.25) is 0 Å². The number of fused-ring (bicyclic) bond motifs is 8. The van der Waals surface area contributed by atoms with Gasteiger partial charge in [-0.05, 0) is 148 Å². The van der Waals surface area contributed by atoms with Crippen LogP contribution >= 0.6 is 0 Å².